The van der Waals surface area contributed by atoms with Gasteiger partial charge in [-0.2, -0.15) is 0 Å². The summed E-state index contributed by atoms with van der Waals surface area (Å²) in [7, 11) is 1.47. The van der Waals surface area contributed by atoms with Gasteiger partial charge in [-0.1, -0.05) is 20.8 Å². The minimum atomic E-state index is -0.252. The van der Waals surface area contributed by atoms with Gasteiger partial charge >= 0.3 is 5.97 Å². The molecule has 0 aromatic carbocycles. The van der Waals surface area contributed by atoms with Gasteiger partial charge < -0.3 is 9.84 Å². The quantitative estimate of drug-likeness (QED) is 0.685. The number of Topliss-reactive ketones (excluding diaryl/α,β-unsaturated/α-hetero) is 1. The van der Waals surface area contributed by atoms with Crippen LogP contribution < -0.4 is 0 Å². The molecule has 0 saturated heterocycles. The Morgan fingerprint density at radius 2 is 1.90 bits per heavy atom. The molecule has 0 heterocycles. The summed E-state index contributed by atoms with van der Waals surface area (Å²) in [5.74, 6) is 3.35. The van der Waals surface area contributed by atoms with Crippen molar-refractivity contribution in [3.63, 3.8) is 0 Å². The SMILES string of the molecule is COC(=O)CC[C@@H](C)[C@H]1CC[C@H]2[C@@H]3[C@@H](O)C[C@H]4CC(=O)CC[C@]4(C)[C@H]3CC[C@]12C. The Labute approximate surface area is 176 Å². The minimum absolute atomic E-state index is 0.103. The summed E-state index contributed by atoms with van der Waals surface area (Å²) in [6.07, 6.45) is 9.27. The molecule has 29 heavy (non-hydrogen) atoms. The molecule has 0 bridgehead atoms. The van der Waals surface area contributed by atoms with E-state index < -0.39 is 0 Å². The monoisotopic (exact) mass is 404 g/mol. The number of esters is 1. The van der Waals surface area contributed by atoms with E-state index >= 15 is 0 Å². The second-order valence-corrected chi connectivity index (χ2v) is 11.4. The van der Waals surface area contributed by atoms with Crippen molar-refractivity contribution in [1.29, 1.82) is 0 Å². The van der Waals surface area contributed by atoms with Crippen molar-refractivity contribution in [2.75, 3.05) is 7.11 Å². The van der Waals surface area contributed by atoms with Crippen LogP contribution in [0.4, 0.5) is 0 Å². The molecular weight excluding hydrogens is 364 g/mol. The van der Waals surface area contributed by atoms with Gasteiger partial charge in [-0.25, -0.2) is 0 Å². The van der Waals surface area contributed by atoms with Crippen LogP contribution in [-0.4, -0.2) is 30.1 Å². The van der Waals surface area contributed by atoms with Crippen LogP contribution in [0.1, 0.15) is 85.0 Å². The first-order valence-corrected chi connectivity index (χ1v) is 12.0. The number of aliphatic hydroxyl groups excluding tert-OH is 1. The van der Waals surface area contributed by atoms with Gasteiger partial charge in [-0.3, -0.25) is 9.59 Å². The highest BCUT2D eigenvalue weighted by molar-refractivity contribution is 5.79. The zero-order valence-corrected chi connectivity index (χ0v) is 18.8. The number of carbonyl (C=O) groups is 2. The molecule has 164 valence electrons. The van der Waals surface area contributed by atoms with Gasteiger partial charge in [-0.05, 0) is 91.3 Å². The maximum Gasteiger partial charge on any atom is 0.305 e. The number of hydrogen-bond donors (Lipinski definition) is 1. The Morgan fingerprint density at radius 3 is 2.62 bits per heavy atom. The van der Waals surface area contributed by atoms with E-state index in [0.717, 1.165) is 25.7 Å². The van der Waals surface area contributed by atoms with E-state index in [9.17, 15) is 14.7 Å². The van der Waals surface area contributed by atoms with Crippen LogP contribution in [0.5, 0.6) is 0 Å². The van der Waals surface area contributed by atoms with Gasteiger partial charge in [0.2, 0.25) is 0 Å². The second-order valence-electron chi connectivity index (χ2n) is 11.4. The van der Waals surface area contributed by atoms with Crippen molar-refractivity contribution < 1.29 is 19.4 Å². The van der Waals surface area contributed by atoms with Gasteiger partial charge in [0.05, 0.1) is 13.2 Å². The molecule has 0 aromatic heterocycles. The Hall–Kier alpha value is -0.900. The molecule has 0 radical (unpaired) electrons. The molecule has 4 nitrogen and oxygen atoms in total. The number of ketones is 1. The minimum Gasteiger partial charge on any atom is -0.469 e. The van der Waals surface area contributed by atoms with Crippen molar-refractivity contribution in [1.82, 2.24) is 0 Å². The Balaban J connectivity index is 1.53. The summed E-state index contributed by atoms with van der Waals surface area (Å²) >= 11 is 0. The van der Waals surface area contributed by atoms with E-state index in [-0.39, 0.29) is 22.9 Å². The van der Waals surface area contributed by atoms with Gasteiger partial charge in [-0.15, -0.1) is 0 Å². The Morgan fingerprint density at radius 1 is 1.17 bits per heavy atom. The molecule has 9 atom stereocenters. The van der Waals surface area contributed by atoms with Crippen LogP contribution in [0.15, 0.2) is 0 Å². The summed E-state index contributed by atoms with van der Waals surface area (Å²) < 4.78 is 4.85. The number of methoxy groups -OCH3 is 1. The lowest BCUT2D eigenvalue weighted by molar-refractivity contribution is -0.169. The molecule has 4 rings (SSSR count). The molecule has 0 spiro atoms. The van der Waals surface area contributed by atoms with Gasteiger partial charge in [0.1, 0.15) is 5.78 Å². The predicted molar refractivity (Wildman–Crippen MR) is 112 cm³/mol. The van der Waals surface area contributed by atoms with E-state index in [1.807, 2.05) is 0 Å². The van der Waals surface area contributed by atoms with E-state index in [0.29, 0.717) is 54.1 Å². The molecule has 4 fully saturated rings. The predicted octanol–water partition coefficient (Wildman–Crippen LogP) is 4.77. The summed E-state index contributed by atoms with van der Waals surface area (Å²) in [5, 5.41) is 11.3. The number of ether oxygens (including phenoxy) is 1. The smallest absolute Gasteiger partial charge is 0.305 e. The molecule has 4 saturated carbocycles. The third kappa shape index (κ3) is 3.38. The van der Waals surface area contributed by atoms with Crippen molar-refractivity contribution in [3.8, 4) is 0 Å². The van der Waals surface area contributed by atoms with Crippen molar-refractivity contribution in [3.05, 3.63) is 0 Å². The molecule has 4 aliphatic rings. The van der Waals surface area contributed by atoms with Gasteiger partial charge in [0.25, 0.3) is 0 Å². The number of hydrogen-bond acceptors (Lipinski definition) is 4. The fraction of sp³-hybridized carbons (Fsp3) is 0.920. The second kappa shape index (κ2) is 7.66. The summed E-state index contributed by atoms with van der Waals surface area (Å²) in [6.45, 7) is 7.22. The zero-order valence-electron chi connectivity index (χ0n) is 18.8. The molecule has 0 aromatic rings. The van der Waals surface area contributed by atoms with Crippen molar-refractivity contribution in [2.24, 2.45) is 46.3 Å². The molecule has 4 aliphatic carbocycles. The van der Waals surface area contributed by atoms with Crippen LogP contribution in [0, 0.1) is 46.3 Å². The van der Waals surface area contributed by atoms with Crippen LogP contribution in [0.3, 0.4) is 0 Å². The lowest BCUT2D eigenvalue weighted by atomic mass is 9.44. The highest BCUT2D eigenvalue weighted by Crippen LogP contribution is 2.68. The maximum absolute atomic E-state index is 12.1. The lowest BCUT2D eigenvalue weighted by Crippen LogP contribution is -2.58. The molecule has 1 N–H and O–H groups in total. The molecule has 0 unspecified atom stereocenters. The Bertz CT molecular complexity index is 659. The number of aliphatic hydroxyl groups is 1. The van der Waals surface area contributed by atoms with Gasteiger partial charge in [0.15, 0.2) is 0 Å². The fourth-order valence-electron chi connectivity index (χ4n) is 8.64. The average Bonchev–Trinajstić information content (AvgIpc) is 3.04. The lowest BCUT2D eigenvalue weighted by Gasteiger charge is -2.62. The zero-order chi connectivity index (χ0) is 21.0. The normalized spacial score (nSPS) is 47.7. The molecule has 0 aliphatic heterocycles. The summed E-state index contributed by atoms with van der Waals surface area (Å²) in [4.78, 5) is 23.7. The standard InChI is InChI=1S/C25H40O4/c1-15(5-8-22(28)29-4)18-6-7-19-23-20(10-12-25(18,19)3)24(2)11-9-17(26)13-16(24)14-21(23)27/h15-16,18-21,23,27H,5-14H2,1-4H3/t15-,16-,18-,19+,20+,21+,23+,24+,25-/m1/s1. The van der Waals surface area contributed by atoms with Crippen LogP contribution in [-0.2, 0) is 14.3 Å². The fourth-order valence-corrected chi connectivity index (χ4v) is 8.64. The molecule has 4 heteroatoms. The largest absolute Gasteiger partial charge is 0.469 e. The first-order valence-electron chi connectivity index (χ1n) is 12.0. The van der Waals surface area contributed by atoms with Crippen LogP contribution in [0.2, 0.25) is 0 Å². The first kappa shape index (κ1) is 21.3. The average molecular weight is 405 g/mol. The number of rotatable bonds is 4. The summed E-state index contributed by atoms with van der Waals surface area (Å²) in [6, 6.07) is 0. The first-order chi connectivity index (χ1) is 13.7. The van der Waals surface area contributed by atoms with Gasteiger partial charge in [0, 0.05) is 19.3 Å². The molecule has 0 amide bonds. The Kier molecular flexibility index (Phi) is 5.63. The van der Waals surface area contributed by atoms with Crippen molar-refractivity contribution >= 4 is 11.8 Å². The van der Waals surface area contributed by atoms with E-state index in [2.05, 4.69) is 20.8 Å². The van der Waals surface area contributed by atoms with E-state index in [1.165, 1.54) is 32.8 Å². The van der Waals surface area contributed by atoms with Crippen LogP contribution in [0.25, 0.3) is 0 Å². The number of carbonyl (C=O) groups excluding carboxylic acids is 2. The third-order valence-electron chi connectivity index (χ3n) is 10.3. The van der Waals surface area contributed by atoms with Crippen molar-refractivity contribution in [2.45, 2.75) is 91.1 Å². The van der Waals surface area contributed by atoms with Crippen LogP contribution >= 0.6 is 0 Å². The highest BCUT2D eigenvalue weighted by atomic mass is 16.5. The highest BCUT2D eigenvalue weighted by Gasteiger charge is 2.62. The van der Waals surface area contributed by atoms with E-state index in [4.69, 9.17) is 4.74 Å². The topological polar surface area (TPSA) is 63.6 Å². The summed E-state index contributed by atoms with van der Waals surface area (Å²) in [5.41, 5.74) is 0.499. The van der Waals surface area contributed by atoms with E-state index in [1.54, 1.807) is 0 Å². The molecular formula is C25H40O4. The maximum atomic E-state index is 12.1. The third-order valence-corrected chi connectivity index (χ3v) is 10.3. The number of fused-ring (bicyclic) bond motifs is 5.